The lowest BCUT2D eigenvalue weighted by Gasteiger charge is -2.21. The molecule has 110 valence electrons. The number of aliphatic hydroxyl groups excluding tert-OH is 1. The Balaban J connectivity index is 1.90. The standard InChI is InChI=1S/C15H22N2O3/c1-11-9-12(3-6-14(11)20-2)10-16-15(19)17(7-8-18)13-4-5-13/h3,6,9,13,18H,4-5,7-8,10H2,1-2H3,(H,16,19). The molecule has 20 heavy (non-hydrogen) atoms. The number of aryl methyl sites for hydroxylation is 1. The first-order valence-corrected chi connectivity index (χ1v) is 6.94. The number of benzene rings is 1. The maximum absolute atomic E-state index is 12.1. The molecule has 0 spiro atoms. The predicted octanol–water partition coefficient (Wildman–Crippen LogP) is 1.67. The number of nitrogens with one attached hydrogen (secondary N) is 1. The smallest absolute Gasteiger partial charge is 0.317 e. The predicted molar refractivity (Wildman–Crippen MR) is 76.8 cm³/mol. The van der Waals surface area contributed by atoms with E-state index in [1.165, 1.54) is 0 Å². The van der Waals surface area contributed by atoms with Crippen LogP contribution in [0.25, 0.3) is 0 Å². The number of methoxy groups -OCH3 is 1. The van der Waals surface area contributed by atoms with Crippen LogP contribution < -0.4 is 10.1 Å². The fraction of sp³-hybridized carbons (Fsp3) is 0.533. The minimum Gasteiger partial charge on any atom is -0.496 e. The molecule has 5 nitrogen and oxygen atoms in total. The van der Waals surface area contributed by atoms with Crippen molar-refractivity contribution in [3.05, 3.63) is 29.3 Å². The number of rotatable bonds is 6. The highest BCUT2D eigenvalue weighted by atomic mass is 16.5. The van der Waals surface area contributed by atoms with E-state index in [9.17, 15) is 4.79 Å². The van der Waals surface area contributed by atoms with Gasteiger partial charge in [-0.25, -0.2) is 4.79 Å². The normalized spacial score (nSPS) is 13.9. The third-order valence-electron chi connectivity index (χ3n) is 3.49. The Morgan fingerprint density at radius 1 is 1.50 bits per heavy atom. The lowest BCUT2D eigenvalue weighted by molar-refractivity contribution is 0.173. The molecule has 1 aromatic rings. The van der Waals surface area contributed by atoms with Crippen molar-refractivity contribution < 1.29 is 14.6 Å². The quantitative estimate of drug-likeness (QED) is 0.832. The number of aliphatic hydroxyl groups is 1. The molecule has 1 aliphatic carbocycles. The summed E-state index contributed by atoms with van der Waals surface area (Å²) in [5.41, 5.74) is 2.09. The topological polar surface area (TPSA) is 61.8 Å². The van der Waals surface area contributed by atoms with E-state index in [4.69, 9.17) is 9.84 Å². The Hall–Kier alpha value is -1.75. The van der Waals surface area contributed by atoms with Gasteiger partial charge in [-0.05, 0) is 37.0 Å². The average Bonchev–Trinajstić information content (AvgIpc) is 3.26. The number of carbonyl (C=O) groups is 1. The summed E-state index contributed by atoms with van der Waals surface area (Å²) in [5, 5.41) is 11.9. The Kier molecular flexibility index (Phi) is 4.84. The number of carbonyl (C=O) groups excluding carboxylic acids is 1. The minimum absolute atomic E-state index is 0.00552. The van der Waals surface area contributed by atoms with Gasteiger partial charge in [-0.1, -0.05) is 12.1 Å². The van der Waals surface area contributed by atoms with E-state index >= 15 is 0 Å². The Morgan fingerprint density at radius 3 is 2.80 bits per heavy atom. The molecular weight excluding hydrogens is 256 g/mol. The average molecular weight is 278 g/mol. The molecule has 0 atom stereocenters. The van der Waals surface area contributed by atoms with Gasteiger partial charge >= 0.3 is 6.03 Å². The van der Waals surface area contributed by atoms with Crippen molar-refractivity contribution in [1.82, 2.24) is 10.2 Å². The second kappa shape index (κ2) is 6.61. The van der Waals surface area contributed by atoms with E-state index in [1.54, 1.807) is 12.0 Å². The van der Waals surface area contributed by atoms with Gasteiger partial charge < -0.3 is 20.1 Å². The van der Waals surface area contributed by atoms with Gasteiger partial charge in [-0.2, -0.15) is 0 Å². The first-order valence-electron chi connectivity index (χ1n) is 6.94. The summed E-state index contributed by atoms with van der Waals surface area (Å²) in [6.07, 6.45) is 2.07. The van der Waals surface area contributed by atoms with Crippen molar-refractivity contribution in [3.8, 4) is 5.75 Å². The molecule has 0 bridgehead atoms. The molecule has 0 aromatic heterocycles. The van der Waals surface area contributed by atoms with Crippen LogP contribution in [0.5, 0.6) is 5.75 Å². The van der Waals surface area contributed by atoms with Crippen LogP contribution in [0.15, 0.2) is 18.2 Å². The van der Waals surface area contributed by atoms with E-state index in [-0.39, 0.29) is 12.6 Å². The van der Waals surface area contributed by atoms with Crippen molar-refractivity contribution in [2.45, 2.75) is 32.4 Å². The Labute approximate surface area is 119 Å². The largest absolute Gasteiger partial charge is 0.496 e. The molecule has 2 rings (SSSR count). The SMILES string of the molecule is COc1ccc(CNC(=O)N(CCO)C2CC2)cc1C. The zero-order chi connectivity index (χ0) is 14.5. The lowest BCUT2D eigenvalue weighted by Crippen LogP contribution is -2.42. The summed E-state index contributed by atoms with van der Waals surface area (Å²) in [5.74, 6) is 0.847. The molecule has 1 aromatic carbocycles. The highest BCUT2D eigenvalue weighted by Gasteiger charge is 2.31. The zero-order valence-electron chi connectivity index (χ0n) is 12.1. The maximum atomic E-state index is 12.1. The molecule has 1 saturated carbocycles. The van der Waals surface area contributed by atoms with Crippen molar-refractivity contribution in [2.24, 2.45) is 0 Å². The molecule has 0 heterocycles. The van der Waals surface area contributed by atoms with Crippen LogP contribution in [0.4, 0.5) is 4.79 Å². The van der Waals surface area contributed by atoms with E-state index < -0.39 is 0 Å². The van der Waals surface area contributed by atoms with E-state index in [0.29, 0.717) is 19.1 Å². The first-order chi connectivity index (χ1) is 9.65. The van der Waals surface area contributed by atoms with Crippen LogP contribution in [0.3, 0.4) is 0 Å². The number of hydrogen-bond donors (Lipinski definition) is 2. The van der Waals surface area contributed by atoms with Gasteiger partial charge in [0.05, 0.1) is 13.7 Å². The van der Waals surface area contributed by atoms with Crippen molar-refractivity contribution in [1.29, 1.82) is 0 Å². The summed E-state index contributed by atoms with van der Waals surface area (Å²) in [4.78, 5) is 13.8. The molecule has 2 N–H and O–H groups in total. The fourth-order valence-electron chi connectivity index (χ4n) is 2.27. The molecule has 0 saturated heterocycles. The van der Waals surface area contributed by atoms with Crippen LogP contribution >= 0.6 is 0 Å². The molecule has 1 fully saturated rings. The zero-order valence-corrected chi connectivity index (χ0v) is 12.1. The monoisotopic (exact) mass is 278 g/mol. The second-order valence-corrected chi connectivity index (χ2v) is 5.11. The molecule has 1 aliphatic rings. The number of amides is 2. The fourth-order valence-corrected chi connectivity index (χ4v) is 2.27. The van der Waals surface area contributed by atoms with Crippen molar-refractivity contribution in [2.75, 3.05) is 20.3 Å². The van der Waals surface area contributed by atoms with Crippen molar-refractivity contribution in [3.63, 3.8) is 0 Å². The minimum atomic E-state index is -0.102. The van der Waals surface area contributed by atoms with Gasteiger partial charge in [-0.3, -0.25) is 0 Å². The molecular formula is C15H22N2O3. The molecule has 2 amide bonds. The van der Waals surface area contributed by atoms with Crippen LogP contribution in [-0.4, -0.2) is 42.3 Å². The van der Waals surface area contributed by atoms with Gasteiger partial charge in [-0.15, -0.1) is 0 Å². The van der Waals surface area contributed by atoms with E-state index in [1.807, 2.05) is 25.1 Å². The molecule has 0 radical (unpaired) electrons. The summed E-state index contributed by atoms with van der Waals surface area (Å²) in [7, 11) is 1.65. The molecule has 0 unspecified atom stereocenters. The third kappa shape index (κ3) is 3.63. The van der Waals surface area contributed by atoms with Gasteiger partial charge in [0.1, 0.15) is 5.75 Å². The van der Waals surface area contributed by atoms with E-state index in [0.717, 1.165) is 29.7 Å². The number of nitrogens with zero attached hydrogens (tertiary/aromatic N) is 1. The molecule has 0 aliphatic heterocycles. The molecule has 5 heteroatoms. The van der Waals surface area contributed by atoms with Crippen LogP contribution in [-0.2, 0) is 6.54 Å². The van der Waals surface area contributed by atoms with Gasteiger partial charge in [0, 0.05) is 19.1 Å². The van der Waals surface area contributed by atoms with Gasteiger partial charge in [0.2, 0.25) is 0 Å². The first kappa shape index (κ1) is 14.7. The van der Waals surface area contributed by atoms with Gasteiger partial charge in [0.15, 0.2) is 0 Å². The Bertz CT molecular complexity index is 472. The van der Waals surface area contributed by atoms with Crippen LogP contribution in [0, 0.1) is 6.92 Å². The maximum Gasteiger partial charge on any atom is 0.317 e. The number of hydrogen-bond acceptors (Lipinski definition) is 3. The van der Waals surface area contributed by atoms with Crippen molar-refractivity contribution >= 4 is 6.03 Å². The Morgan fingerprint density at radius 2 is 2.25 bits per heavy atom. The van der Waals surface area contributed by atoms with E-state index in [2.05, 4.69) is 5.32 Å². The summed E-state index contributed by atoms with van der Waals surface area (Å²) >= 11 is 0. The number of urea groups is 1. The van der Waals surface area contributed by atoms with Gasteiger partial charge in [0.25, 0.3) is 0 Å². The van der Waals surface area contributed by atoms with Crippen LogP contribution in [0.2, 0.25) is 0 Å². The summed E-state index contributed by atoms with van der Waals surface area (Å²) in [6.45, 7) is 2.87. The number of ether oxygens (including phenoxy) is 1. The third-order valence-corrected chi connectivity index (χ3v) is 3.49. The second-order valence-electron chi connectivity index (χ2n) is 5.11. The highest BCUT2D eigenvalue weighted by Crippen LogP contribution is 2.26. The highest BCUT2D eigenvalue weighted by molar-refractivity contribution is 5.75. The summed E-state index contributed by atoms with van der Waals surface area (Å²) < 4.78 is 5.21. The summed E-state index contributed by atoms with van der Waals surface area (Å²) in [6, 6.07) is 6.06. The lowest BCUT2D eigenvalue weighted by atomic mass is 10.1. The van der Waals surface area contributed by atoms with Crippen LogP contribution in [0.1, 0.15) is 24.0 Å².